The molecule has 4 unspecified atom stereocenters. The van der Waals surface area contributed by atoms with E-state index in [0.717, 1.165) is 51.4 Å². The SMILES string of the molecule is CCCCCC(=O)NC1=NC(=Nc2[nH]c(NC(=O)CCCCC)c(C(=O)OC3C(C(C)(C)C)CC(C)CC3C(C)(C)C)c2-c2ccccc2)C(c2ccccc2)=C1C(=O)OC1C(C(C)(C)C)CC(C)CC1C(C)(C)C. The highest BCUT2D eigenvalue weighted by atomic mass is 16.5. The number of nitrogens with one attached hydrogen (secondary N) is 3. The number of aliphatic imine (C=N–C) groups is 2. The smallest absolute Gasteiger partial charge is 0.343 e. The molecule has 75 heavy (non-hydrogen) atoms. The fraction of sp³-hybridized carbons (Fsp3) is 0.625. The second kappa shape index (κ2) is 24.3. The van der Waals surface area contributed by atoms with Crippen molar-refractivity contribution in [1.29, 1.82) is 0 Å². The molecule has 11 heteroatoms. The molecule has 2 heterocycles. The van der Waals surface area contributed by atoms with E-state index in [1.165, 1.54) is 0 Å². The number of anilines is 1. The molecule has 3 aromatic rings. The molecule has 2 fully saturated rings. The lowest BCUT2D eigenvalue weighted by Gasteiger charge is -2.50. The second-order valence-electron chi connectivity index (χ2n) is 26.8. The van der Waals surface area contributed by atoms with Crippen molar-refractivity contribution in [3.63, 3.8) is 0 Å². The summed E-state index contributed by atoms with van der Waals surface area (Å²) < 4.78 is 13.9. The van der Waals surface area contributed by atoms with Gasteiger partial charge in [-0.05, 0) is 83.1 Å². The number of hydrogen-bond acceptors (Lipinski definition) is 7. The highest BCUT2D eigenvalue weighted by Gasteiger charge is 2.51. The Morgan fingerprint density at radius 3 is 1.43 bits per heavy atom. The Morgan fingerprint density at radius 2 is 1.00 bits per heavy atom. The van der Waals surface area contributed by atoms with Crippen LogP contribution in [0.2, 0.25) is 0 Å². The van der Waals surface area contributed by atoms with Crippen molar-refractivity contribution < 1.29 is 28.7 Å². The number of aromatic nitrogens is 1. The summed E-state index contributed by atoms with van der Waals surface area (Å²) >= 11 is 0. The summed E-state index contributed by atoms with van der Waals surface area (Å²) in [5, 5.41) is 6.15. The van der Waals surface area contributed by atoms with E-state index in [1.807, 2.05) is 60.7 Å². The van der Waals surface area contributed by atoms with Crippen LogP contribution in [0, 0.1) is 57.2 Å². The number of amides is 2. The Bertz CT molecular complexity index is 2510. The molecule has 0 bridgehead atoms. The van der Waals surface area contributed by atoms with Gasteiger partial charge in [0.25, 0.3) is 0 Å². The monoisotopic (exact) mass is 1030 g/mol. The van der Waals surface area contributed by atoms with Gasteiger partial charge in [0.2, 0.25) is 11.8 Å². The maximum Gasteiger partial charge on any atom is 0.343 e. The summed E-state index contributed by atoms with van der Waals surface area (Å²) in [6.45, 7) is 35.5. The molecule has 410 valence electrons. The van der Waals surface area contributed by atoms with E-state index in [-0.39, 0.29) is 104 Å². The summed E-state index contributed by atoms with van der Waals surface area (Å²) in [4.78, 5) is 72.9. The van der Waals surface area contributed by atoms with Gasteiger partial charge in [0.05, 0.1) is 0 Å². The molecule has 0 radical (unpaired) electrons. The molecule has 0 saturated heterocycles. The highest BCUT2D eigenvalue weighted by molar-refractivity contribution is 6.45. The van der Waals surface area contributed by atoms with Crippen LogP contribution in [-0.2, 0) is 23.9 Å². The molecule has 1 aliphatic heterocycles. The van der Waals surface area contributed by atoms with Crippen molar-refractivity contribution in [1.82, 2.24) is 10.3 Å². The van der Waals surface area contributed by atoms with Crippen LogP contribution in [0.25, 0.3) is 16.7 Å². The van der Waals surface area contributed by atoms with E-state index in [2.05, 4.69) is 126 Å². The second-order valence-corrected chi connectivity index (χ2v) is 26.8. The van der Waals surface area contributed by atoms with E-state index in [1.54, 1.807) is 0 Å². The molecule has 2 aliphatic carbocycles. The predicted molar refractivity (Wildman–Crippen MR) is 307 cm³/mol. The lowest BCUT2D eigenvalue weighted by atomic mass is 9.59. The van der Waals surface area contributed by atoms with Gasteiger partial charge < -0.3 is 25.1 Å². The number of aromatic amines is 1. The Kier molecular flexibility index (Phi) is 19.1. The van der Waals surface area contributed by atoms with Crippen LogP contribution < -0.4 is 10.6 Å². The number of amidine groups is 2. The first-order chi connectivity index (χ1) is 35.1. The lowest BCUT2D eigenvalue weighted by molar-refractivity contribution is -0.164. The van der Waals surface area contributed by atoms with Crippen molar-refractivity contribution >= 4 is 52.6 Å². The molecule has 3 N–H and O–H groups in total. The minimum atomic E-state index is -0.586. The summed E-state index contributed by atoms with van der Waals surface area (Å²) in [6, 6.07) is 19.0. The summed E-state index contributed by atoms with van der Waals surface area (Å²) in [5.41, 5.74) is 1.69. The maximum atomic E-state index is 15.6. The topological polar surface area (TPSA) is 151 Å². The Labute approximate surface area is 450 Å². The van der Waals surface area contributed by atoms with Gasteiger partial charge in [0.1, 0.15) is 35.0 Å². The van der Waals surface area contributed by atoms with Crippen molar-refractivity contribution in [3.05, 3.63) is 77.4 Å². The number of ether oxygens (including phenoxy) is 2. The number of hydrogen-bond donors (Lipinski definition) is 3. The number of nitrogens with zero attached hydrogens (tertiary/aromatic N) is 2. The number of H-pyrrole nitrogens is 1. The third-order valence-electron chi connectivity index (χ3n) is 16.3. The molecule has 2 amide bonds. The Hall–Kier alpha value is -5.32. The Morgan fingerprint density at radius 1 is 0.587 bits per heavy atom. The zero-order valence-electron chi connectivity index (χ0n) is 48.7. The molecule has 11 nitrogen and oxygen atoms in total. The standard InChI is InChI=1S/C64H93N5O6/c1-17-19-23-33-47(70)65-57-51(59(72)74-53-43(61(5,6)7)35-39(3)36-44(53)62(8,9)10)49(41-29-25-21-26-30-41)55(68-57)67-56-50(42-31-27-22-28-32-42)52(58(69-56)66-48(71)34-24-20-18-2)60(73)75-54-45(63(11,12)13)37-40(4)38-46(54)64(14,15)16/h21-22,25-32,39-40,43-46,53-54,68H,17-20,23-24,33-38H2,1-16H3,(H,65,70)(H,66,67,69,71). The molecule has 0 spiro atoms. The van der Waals surface area contributed by atoms with Gasteiger partial charge in [0.15, 0.2) is 11.7 Å². The van der Waals surface area contributed by atoms with Gasteiger partial charge in [-0.2, -0.15) is 0 Å². The first kappa shape index (κ1) is 58.9. The van der Waals surface area contributed by atoms with Crippen molar-refractivity contribution in [2.24, 2.45) is 67.2 Å². The number of carbonyl (C=O) groups is 4. The van der Waals surface area contributed by atoms with E-state index < -0.39 is 24.1 Å². The zero-order chi connectivity index (χ0) is 55.2. The number of esters is 2. The molecular formula is C64H93N5O6. The summed E-state index contributed by atoms with van der Waals surface area (Å²) in [7, 11) is 0. The van der Waals surface area contributed by atoms with Gasteiger partial charge in [0, 0.05) is 47.6 Å². The van der Waals surface area contributed by atoms with Gasteiger partial charge in [-0.3, -0.25) is 9.59 Å². The van der Waals surface area contributed by atoms with Crippen LogP contribution in [-0.4, -0.2) is 52.6 Å². The molecular weight excluding hydrogens is 935 g/mol. The number of carbonyl (C=O) groups excluding carboxylic acids is 4. The summed E-state index contributed by atoms with van der Waals surface area (Å²) in [5.74, 6) is 0.0679. The van der Waals surface area contributed by atoms with Crippen LogP contribution in [0.3, 0.4) is 0 Å². The van der Waals surface area contributed by atoms with Crippen LogP contribution in [0.15, 0.2) is 76.2 Å². The third kappa shape index (κ3) is 14.6. The highest BCUT2D eigenvalue weighted by Crippen LogP contribution is 2.52. The third-order valence-corrected chi connectivity index (χ3v) is 16.3. The van der Waals surface area contributed by atoms with Crippen molar-refractivity contribution in [2.45, 2.75) is 200 Å². The predicted octanol–water partition coefficient (Wildman–Crippen LogP) is 15.7. The van der Waals surface area contributed by atoms with Gasteiger partial charge in [-0.25, -0.2) is 19.6 Å². The molecule has 2 aromatic carbocycles. The fourth-order valence-corrected chi connectivity index (χ4v) is 12.1. The van der Waals surface area contributed by atoms with Crippen molar-refractivity contribution in [2.75, 3.05) is 5.32 Å². The first-order valence-corrected chi connectivity index (χ1v) is 28.4. The van der Waals surface area contributed by atoms with Gasteiger partial charge in [-0.15, -0.1) is 0 Å². The average molecular weight is 1030 g/mol. The number of unbranched alkanes of at least 4 members (excludes halogenated alkanes) is 4. The number of rotatable bonds is 16. The summed E-state index contributed by atoms with van der Waals surface area (Å²) in [6.07, 6.45) is 8.30. The molecule has 3 aliphatic rings. The van der Waals surface area contributed by atoms with Crippen LogP contribution in [0.5, 0.6) is 0 Å². The quantitative estimate of drug-likeness (QED) is 0.0960. The van der Waals surface area contributed by atoms with Gasteiger partial charge >= 0.3 is 11.9 Å². The van der Waals surface area contributed by atoms with E-state index in [0.29, 0.717) is 46.9 Å². The number of benzene rings is 2. The Balaban J connectivity index is 1.62. The zero-order valence-corrected chi connectivity index (χ0v) is 48.7. The maximum absolute atomic E-state index is 15.6. The molecule has 4 atom stereocenters. The van der Waals surface area contributed by atoms with E-state index in [9.17, 15) is 9.59 Å². The minimum absolute atomic E-state index is 0.0595. The first-order valence-electron chi connectivity index (χ1n) is 28.4. The fourth-order valence-electron chi connectivity index (χ4n) is 12.1. The van der Waals surface area contributed by atoms with Crippen molar-refractivity contribution in [3.8, 4) is 11.1 Å². The minimum Gasteiger partial charge on any atom is -0.458 e. The lowest BCUT2D eigenvalue weighted by Crippen LogP contribution is -2.50. The van der Waals surface area contributed by atoms with E-state index in [4.69, 9.17) is 19.5 Å². The van der Waals surface area contributed by atoms with Crippen LogP contribution in [0.1, 0.15) is 204 Å². The van der Waals surface area contributed by atoms with E-state index >= 15 is 9.59 Å². The van der Waals surface area contributed by atoms with Gasteiger partial charge in [-0.1, -0.05) is 197 Å². The molecule has 2 saturated carbocycles. The van der Waals surface area contributed by atoms with Crippen LogP contribution in [0.4, 0.5) is 11.6 Å². The van der Waals surface area contributed by atoms with Crippen LogP contribution >= 0.6 is 0 Å². The molecule has 6 rings (SSSR count). The average Bonchev–Trinajstić information content (AvgIpc) is 3.86. The molecule has 1 aromatic heterocycles. The largest absolute Gasteiger partial charge is 0.458 e. The normalized spacial score (nSPS) is 24.2.